The number of carbonyl (C=O) groups is 6. The van der Waals surface area contributed by atoms with E-state index in [2.05, 4.69) is 30.9 Å². The Balaban J connectivity index is 0.000000287. The second-order valence-electron chi connectivity index (χ2n) is 14.5. The number of nitrogens with one attached hydrogen (secondary N) is 3. The number of anilines is 3. The molecule has 27 nitrogen and oxygen atoms in total. The van der Waals surface area contributed by atoms with E-state index in [0.717, 1.165) is 0 Å². The molecule has 28 heteroatoms. The molecule has 0 saturated heterocycles. The normalized spacial score (nSPS) is 10.1. The van der Waals surface area contributed by atoms with E-state index in [-0.39, 0.29) is 109 Å². The zero-order valence-corrected chi connectivity index (χ0v) is 41.0. The molecule has 6 rings (SSSR count). The van der Waals surface area contributed by atoms with Crippen molar-refractivity contribution in [3.63, 3.8) is 0 Å². The van der Waals surface area contributed by atoms with Gasteiger partial charge in [-0.15, -0.1) is 0 Å². The van der Waals surface area contributed by atoms with Crippen molar-refractivity contribution in [2.45, 2.75) is 20.8 Å². The van der Waals surface area contributed by atoms with E-state index in [0.29, 0.717) is 53.0 Å². The van der Waals surface area contributed by atoms with Crippen LogP contribution in [0.3, 0.4) is 0 Å². The average molecular weight is 1140 g/mol. The first kappa shape index (κ1) is 58.2. The number of hydrogen-bond donors (Lipinski definition) is 9. The van der Waals surface area contributed by atoms with Gasteiger partial charge in [0.1, 0.15) is 51.2 Å². The quantitative estimate of drug-likeness (QED) is 0.0368. The minimum absolute atomic E-state index is 0. The minimum Gasteiger partial charge on any atom is -0.477 e. The first-order chi connectivity index (χ1) is 34.0. The van der Waals surface area contributed by atoms with Gasteiger partial charge in [-0.2, -0.15) is 0 Å². The molecule has 0 fully saturated rings. The van der Waals surface area contributed by atoms with Crippen molar-refractivity contribution < 1.29 is 99.2 Å². The van der Waals surface area contributed by atoms with Gasteiger partial charge < -0.3 is 48.5 Å². The Labute approximate surface area is 443 Å². The Morgan fingerprint density at radius 2 is 0.644 bits per heavy atom. The molecule has 3 aromatic heterocycles. The Morgan fingerprint density at radius 1 is 0.425 bits per heavy atom. The molecule has 6 aromatic rings. The van der Waals surface area contributed by atoms with Crippen LogP contribution in [-0.4, -0.2) is 100 Å². The molecular weight excluding hydrogens is 1100 g/mol. The number of rotatable bonds is 15. The van der Waals surface area contributed by atoms with Gasteiger partial charge in [0.15, 0.2) is 0 Å². The molecule has 0 aliphatic rings. The van der Waals surface area contributed by atoms with Gasteiger partial charge in [-0.05, 0) is 109 Å². The van der Waals surface area contributed by atoms with Crippen molar-refractivity contribution >= 4 is 69.8 Å². The smallest absolute Gasteiger partial charge is 0.477 e. The zero-order chi connectivity index (χ0) is 53.6. The summed E-state index contributed by atoms with van der Waals surface area (Å²) in [6.45, 7) is 6.18. The maximum Gasteiger partial charge on any atom is 3.00 e. The first-order valence-electron chi connectivity index (χ1n) is 20.7. The number of benzene rings is 3. The molecule has 1 radical (unpaired) electrons. The van der Waals surface area contributed by atoms with Crippen LogP contribution in [-0.2, 0) is 0 Å². The third kappa shape index (κ3) is 15.4. The van der Waals surface area contributed by atoms with E-state index in [4.69, 9.17) is 32.5 Å². The summed E-state index contributed by atoms with van der Waals surface area (Å²) in [4.78, 5) is 112. The summed E-state index contributed by atoms with van der Waals surface area (Å²) in [5, 5.41) is 68.0. The van der Waals surface area contributed by atoms with E-state index < -0.39 is 50.4 Å². The maximum absolute atomic E-state index is 11.9. The molecule has 0 aliphatic heterocycles. The summed E-state index contributed by atoms with van der Waals surface area (Å²) in [5.74, 6) is -5.54. The van der Waals surface area contributed by atoms with Gasteiger partial charge in [-0.3, -0.25) is 44.7 Å². The summed E-state index contributed by atoms with van der Waals surface area (Å²) in [7, 11) is 0. The van der Waals surface area contributed by atoms with E-state index in [1.807, 2.05) is 0 Å². The number of nitrogen functional groups attached to an aromatic ring is 3. The second-order valence-corrected chi connectivity index (χ2v) is 14.5. The van der Waals surface area contributed by atoms with Crippen molar-refractivity contribution in [2.75, 3.05) is 36.8 Å². The van der Waals surface area contributed by atoms with Crippen LogP contribution in [0, 0.1) is 70.7 Å². The van der Waals surface area contributed by atoms with Crippen LogP contribution < -0.4 is 33.2 Å². The SMILES string of the molecule is CCNC(=O)c1cc(-c2ccc(N)c([N+](=O)[O-])c2)cc(C(=O)O)n1.CCNC(=O)c1cc(-c2ccc(N)c([N+](=O)[O-])c2)cc(C(=O)O)n1.CCNC(=O)c1cc(-c2ccc(N)c([N+](=O)[O-])c2)cc(C(=O)O)n1.[Sm+3]. The van der Waals surface area contributed by atoms with Crippen LogP contribution in [0.2, 0.25) is 0 Å². The molecule has 3 amide bonds. The van der Waals surface area contributed by atoms with Crippen molar-refractivity contribution in [1.82, 2.24) is 30.9 Å². The van der Waals surface area contributed by atoms with Crippen LogP contribution in [0.4, 0.5) is 34.1 Å². The number of pyridine rings is 3. The summed E-state index contributed by atoms with van der Waals surface area (Å²) in [6, 6.07) is 20.0. The number of nitrogens with zero attached hydrogens (tertiary/aromatic N) is 6. The number of nitro groups is 3. The second kappa shape index (κ2) is 26.2. The van der Waals surface area contributed by atoms with Crippen molar-refractivity contribution in [1.29, 1.82) is 0 Å². The number of nitro benzene ring substituents is 3. The van der Waals surface area contributed by atoms with Gasteiger partial charge in [-0.1, -0.05) is 18.2 Å². The Hall–Kier alpha value is -9.13. The van der Waals surface area contributed by atoms with Gasteiger partial charge in [0.2, 0.25) is 0 Å². The molecule has 0 bridgehead atoms. The van der Waals surface area contributed by atoms with E-state index in [1.54, 1.807) is 20.8 Å². The van der Waals surface area contributed by atoms with Gasteiger partial charge in [0.25, 0.3) is 34.8 Å². The number of carboxylic acid groups (broad SMARTS) is 3. The molecule has 3 heterocycles. The molecule has 0 aliphatic carbocycles. The number of carboxylic acids is 3. The number of hydrogen-bond acceptors (Lipinski definition) is 18. The fourth-order valence-electron chi connectivity index (χ4n) is 6.17. The number of amides is 3. The third-order valence-electron chi connectivity index (χ3n) is 9.52. The first-order valence-corrected chi connectivity index (χ1v) is 20.7. The van der Waals surface area contributed by atoms with E-state index in [1.165, 1.54) is 91.0 Å². The van der Waals surface area contributed by atoms with Crippen LogP contribution in [0.25, 0.3) is 33.4 Å². The number of carbonyl (C=O) groups excluding carboxylic acids is 3. The minimum atomic E-state index is -1.31. The Bertz CT molecular complexity index is 2840. The summed E-state index contributed by atoms with van der Waals surface area (Å²) in [5.41, 5.74) is 16.4. The monoisotopic (exact) mass is 1140 g/mol. The Kier molecular flexibility index (Phi) is 20.9. The zero-order valence-electron chi connectivity index (χ0n) is 38.3. The summed E-state index contributed by atoms with van der Waals surface area (Å²) in [6.07, 6.45) is 0. The molecule has 12 N–H and O–H groups in total. The molecule has 0 saturated carbocycles. The largest absolute Gasteiger partial charge is 3.00 e. The number of aromatic carboxylic acids is 3. The van der Waals surface area contributed by atoms with E-state index in [9.17, 15) is 59.1 Å². The van der Waals surface area contributed by atoms with Crippen LogP contribution in [0.5, 0.6) is 0 Å². The van der Waals surface area contributed by atoms with Crippen molar-refractivity contribution in [3.8, 4) is 33.4 Å². The molecule has 73 heavy (non-hydrogen) atoms. The summed E-state index contributed by atoms with van der Waals surface area (Å²) >= 11 is 0. The topological polar surface area (TPSA) is 445 Å². The third-order valence-corrected chi connectivity index (χ3v) is 9.52. The van der Waals surface area contributed by atoms with E-state index >= 15 is 0 Å². The summed E-state index contributed by atoms with van der Waals surface area (Å²) < 4.78 is 0. The predicted molar refractivity (Wildman–Crippen MR) is 257 cm³/mol. The van der Waals surface area contributed by atoms with Crippen LogP contribution in [0.1, 0.15) is 83.7 Å². The van der Waals surface area contributed by atoms with Crippen molar-refractivity contribution in [2.24, 2.45) is 0 Å². The predicted octanol–water partition coefficient (Wildman–Crippen LogP) is 5.06. The van der Waals surface area contributed by atoms with Crippen molar-refractivity contribution in [3.05, 3.63) is 156 Å². The standard InChI is InChI=1S/3C15H14N4O5.Sm/c3*1-2-17-14(20)11-5-9(6-12(18-11)15(21)22)8-3-4-10(16)13(7-8)19(23)24;/h3*3-7H,2,16H2,1H3,(H,17,20)(H,21,22);/q;;;+3. The molecule has 3 aromatic carbocycles. The maximum atomic E-state index is 11.9. The number of nitrogens with two attached hydrogens (primary N) is 3. The molecule has 0 unspecified atom stereocenters. The van der Waals surface area contributed by atoms with Gasteiger partial charge in [0.05, 0.1) is 14.8 Å². The van der Waals surface area contributed by atoms with Gasteiger partial charge >= 0.3 is 58.3 Å². The number of aromatic nitrogens is 3. The Morgan fingerprint density at radius 3 is 0.836 bits per heavy atom. The van der Waals surface area contributed by atoms with Crippen LogP contribution in [0.15, 0.2) is 91.0 Å². The fourth-order valence-corrected chi connectivity index (χ4v) is 6.17. The molecule has 0 atom stereocenters. The van der Waals surface area contributed by atoms with Gasteiger partial charge in [-0.25, -0.2) is 29.3 Å². The van der Waals surface area contributed by atoms with Gasteiger partial charge in [0, 0.05) is 37.8 Å². The molecule has 0 spiro atoms. The van der Waals surface area contributed by atoms with Crippen LogP contribution >= 0.6 is 0 Å². The molecule has 375 valence electrons. The average Bonchev–Trinajstić information content (AvgIpc) is 3.34. The fraction of sp³-hybridized carbons (Fsp3) is 0.133. The molecular formula is C45H42N12O15Sm+3.